The molecule has 488 valence electrons. The zero-order valence-corrected chi connectivity index (χ0v) is 54.6. The van der Waals surface area contributed by atoms with Gasteiger partial charge in [-0.3, -0.25) is 37.3 Å². The minimum Gasteiger partial charge on any atom is -0.462 e. The van der Waals surface area contributed by atoms with Gasteiger partial charge >= 0.3 is 39.5 Å². The Morgan fingerprint density at radius 3 is 1.02 bits per heavy atom. The molecule has 0 saturated carbocycles. The summed E-state index contributed by atoms with van der Waals surface area (Å²) in [5.41, 5.74) is 0. The van der Waals surface area contributed by atoms with E-state index < -0.39 is 97.5 Å². The third kappa shape index (κ3) is 57.1. The molecule has 0 saturated heterocycles. The van der Waals surface area contributed by atoms with Crippen LogP contribution in [-0.2, 0) is 65.4 Å². The molecule has 19 heteroatoms. The van der Waals surface area contributed by atoms with E-state index >= 15 is 0 Å². The van der Waals surface area contributed by atoms with Crippen LogP contribution >= 0.6 is 15.6 Å². The van der Waals surface area contributed by atoms with Gasteiger partial charge in [-0.2, -0.15) is 0 Å². The number of aliphatic hydroxyl groups excluding tert-OH is 1. The van der Waals surface area contributed by atoms with E-state index in [1.807, 2.05) is 0 Å². The average molecular weight is 1220 g/mol. The molecule has 0 rings (SSSR count). The van der Waals surface area contributed by atoms with Gasteiger partial charge in [0.1, 0.15) is 19.3 Å². The quantitative estimate of drug-likeness (QED) is 0.0169. The molecule has 0 fully saturated rings. The molecule has 0 aliphatic carbocycles. The Bertz CT molecular complexity index is 1710. The smallest absolute Gasteiger partial charge is 0.462 e. The van der Waals surface area contributed by atoms with Gasteiger partial charge in [0, 0.05) is 25.7 Å². The predicted octanol–water partition coefficient (Wildman–Crippen LogP) is 17.3. The molecule has 0 amide bonds. The Morgan fingerprint density at radius 1 is 0.386 bits per heavy atom. The average Bonchev–Trinajstić information content (AvgIpc) is 3.47. The second-order valence-corrected chi connectivity index (χ2v) is 25.6. The first-order chi connectivity index (χ1) is 40.1. The minimum atomic E-state index is -4.95. The van der Waals surface area contributed by atoms with Crippen LogP contribution in [0.4, 0.5) is 0 Å². The largest absolute Gasteiger partial charge is 0.472 e. The summed E-state index contributed by atoms with van der Waals surface area (Å²) in [6.07, 6.45) is 44.2. The number of carbonyl (C=O) groups excluding carboxylic acids is 4. The number of hydrogen-bond acceptors (Lipinski definition) is 15. The van der Waals surface area contributed by atoms with Crippen molar-refractivity contribution in [3.8, 4) is 0 Å². The number of phosphoric acid groups is 2. The summed E-state index contributed by atoms with van der Waals surface area (Å²) in [5, 5.41) is 10.5. The van der Waals surface area contributed by atoms with Crippen molar-refractivity contribution in [2.75, 3.05) is 39.6 Å². The zero-order chi connectivity index (χ0) is 61.3. The Kier molecular flexibility index (Phi) is 55.6. The van der Waals surface area contributed by atoms with Gasteiger partial charge in [-0.15, -0.1) is 0 Å². The molecular formula is C64H120O17P2. The fraction of sp³-hybridized carbons (Fsp3) is 0.875. The fourth-order valence-corrected chi connectivity index (χ4v) is 10.6. The lowest BCUT2D eigenvalue weighted by molar-refractivity contribution is -0.161. The lowest BCUT2D eigenvalue weighted by Gasteiger charge is -2.21. The van der Waals surface area contributed by atoms with E-state index in [0.717, 1.165) is 115 Å². The molecule has 17 nitrogen and oxygen atoms in total. The molecule has 0 radical (unpaired) electrons. The van der Waals surface area contributed by atoms with E-state index in [4.69, 9.17) is 37.0 Å². The van der Waals surface area contributed by atoms with E-state index in [-0.39, 0.29) is 25.7 Å². The number of hydrogen-bond donors (Lipinski definition) is 3. The van der Waals surface area contributed by atoms with Gasteiger partial charge in [-0.05, 0) is 57.3 Å². The SMILES string of the molecule is CCCCCC/C=C\C=C/CCCCCCCC(=O)O[C@H](COC(=O)CCCCCCCCCCCCC(C)CC)COP(=O)(O)OC[C@@H](O)COP(=O)(O)OC[C@@H](COC(=O)CCCCCCC)OC(=O)CCCCCCCCCCC. The van der Waals surface area contributed by atoms with Crippen molar-refractivity contribution in [2.24, 2.45) is 5.92 Å². The summed E-state index contributed by atoms with van der Waals surface area (Å²) in [6, 6.07) is 0. The van der Waals surface area contributed by atoms with Crippen molar-refractivity contribution in [3.63, 3.8) is 0 Å². The summed E-state index contributed by atoms with van der Waals surface area (Å²) in [5.74, 6) is -1.37. The van der Waals surface area contributed by atoms with Gasteiger partial charge in [0.05, 0.1) is 26.4 Å². The molecule has 3 N–H and O–H groups in total. The second kappa shape index (κ2) is 57.3. The summed E-state index contributed by atoms with van der Waals surface area (Å²) < 4.78 is 67.7. The summed E-state index contributed by atoms with van der Waals surface area (Å²) in [6.45, 7) is 7.05. The highest BCUT2D eigenvalue weighted by Crippen LogP contribution is 2.45. The van der Waals surface area contributed by atoms with E-state index in [2.05, 4.69) is 58.9 Å². The van der Waals surface area contributed by atoms with Crippen molar-refractivity contribution in [2.45, 2.75) is 316 Å². The zero-order valence-electron chi connectivity index (χ0n) is 52.8. The monoisotopic (exact) mass is 1220 g/mol. The molecule has 0 heterocycles. The maximum absolute atomic E-state index is 13.0. The fourth-order valence-electron chi connectivity index (χ4n) is 9.01. The van der Waals surface area contributed by atoms with Crippen LogP contribution in [0.25, 0.3) is 0 Å². The molecular weight excluding hydrogens is 1100 g/mol. The predicted molar refractivity (Wildman–Crippen MR) is 331 cm³/mol. The molecule has 0 spiro atoms. The van der Waals surface area contributed by atoms with Gasteiger partial charge in [-0.1, -0.05) is 245 Å². The van der Waals surface area contributed by atoms with Crippen LogP contribution in [-0.4, -0.2) is 96.7 Å². The van der Waals surface area contributed by atoms with Crippen LogP contribution in [0.2, 0.25) is 0 Å². The highest BCUT2D eigenvalue weighted by Gasteiger charge is 2.30. The topological polar surface area (TPSA) is 237 Å². The van der Waals surface area contributed by atoms with Crippen molar-refractivity contribution < 1.29 is 80.2 Å². The van der Waals surface area contributed by atoms with Crippen LogP contribution in [0.1, 0.15) is 298 Å². The normalized spacial score (nSPS) is 14.7. The van der Waals surface area contributed by atoms with Gasteiger partial charge in [-0.25, -0.2) is 9.13 Å². The Hall–Kier alpha value is -2.46. The summed E-state index contributed by atoms with van der Waals surface area (Å²) in [7, 11) is -9.89. The number of esters is 4. The molecule has 0 aliphatic rings. The number of rotatable bonds is 62. The Labute approximate surface area is 503 Å². The molecule has 0 aromatic carbocycles. The molecule has 83 heavy (non-hydrogen) atoms. The van der Waals surface area contributed by atoms with E-state index in [1.165, 1.54) is 103 Å². The number of allylic oxidation sites excluding steroid dienone is 4. The summed E-state index contributed by atoms with van der Waals surface area (Å²) in [4.78, 5) is 71.9. The van der Waals surface area contributed by atoms with Crippen LogP contribution in [0.15, 0.2) is 24.3 Å². The number of carbonyl (C=O) groups is 4. The standard InChI is InChI=1S/C64H120O17P2/c1-6-10-13-16-18-20-21-22-23-24-25-31-35-40-45-50-64(69)81-60(54-75-62(67)48-43-38-33-30-27-26-29-32-37-41-46-57(5)9-4)56-79-83(72,73)77-52-58(65)51-76-82(70,71)78-55-59(53-74-61(66)47-42-36-15-12-8-3)80-63(68)49-44-39-34-28-19-17-14-11-7-2/h20-23,57-60,65H,6-19,24-56H2,1-5H3,(H,70,71)(H,72,73)/b21-20-,23-22-/t57?,58-,59+,60+/m0/s1. The maximum atomic E-state index is 13.0. The molecule has 3 unspecified atom stereocenters. The highest BCUT2D eigenvalue weighted by atomic mass is 31.2. The minimum absolute atomic E-state index is 0.0848. The van der Waals surface area contributed by atoms with Crippen molar-refractivity contribution in [1.82, 2.24) is 0 Å². The lowest BCUT2D eigenvalue weighted by atomic mass is 9.99. The Balaban J connectivity index is 5.22. The van der Waals surface area contributed by atoms with Gasteiger partial charge in [0.15, 0.2) is 12.2 Å². The third-order valence-corrected chi connectivity index (χ3v) is 16.4. The molecule has 0 aromatic heterocycles. The van der Waals surface area contributed by atoms with Gasteiger partial charge in [0.2, 0.25) is 0 Å². The Morgan fingerprint density at radius 2 is 0.675 bits per heavy atom. The number of unbranched alkanes of at least 4 members (excludes halogenated alkanes) is 30. The molecule has 0 aliphatic heterocycles. The van der Waals surface area contributed by atoms with E-state index in [9.17, 15) is 43.2 Å². The molecule has 6 atom stereocenters. The first kappa shape index (κ1) is 80.5. The van der Waals surface area contributed by atoms with Gasteiger partial charge in [0.25, 0.3) is 0 Å². The number of aliphatic hydroxyl groups is 1. The first-order valence-electron chi connectivity index (χ1n) is 33.0. The van der Waals surface area contributed by atoms with Crippen molar-refractivity contribution >= 4 is 39.5 Å². The van der Waals surface area contributed by atoms with Crippen LogP contribution in [0.3, 0.4) is 0 Å². The number of ether oxygens (including phenoxy) is 4. The summed E-state index contributed by atoms with van der Waals surface area (Å²) >= 11 is 0. The van der Waals surface area contributed by atoms with Gasteiger partial charge < -0.3 is 33.8 Å². The lowest BCUT2D eigenvalue weighted by Crippen LogP contribution is -2.30. The van der Waals surface area contributed by atoms with Crippen molar-refractivity contribution in [1.29, 1.82) is 0 Å². The third-order valence-electron chi connectivity index (χ3n) is 14.5. The second-order valence-electron chi connectivity index (χ2n) is 22.7. The van der Waals surface area contributed by atoms with Crippen LogP contribution in [0, 0.1) is 5.92 Å². The maximum Gasteiger partial charge on any atom is 0.472 e. The van der Waals surface area contributed by atoms with Crippen LogP contribution in [0.5, 0.6) is 0 Å². The van der Waals surface area contributed by atoms with E-state index in [0.29, 0.717) is 25.7 Å². The van der Waals surface area contributed by atoms with E-state index in [1.54, 1.807) is 0 Å². The highest BCUT2D eigenvalue weighted by molar-refractivity contribution is 7.47. The van der Waals surface area contributed by atoms with Crippen LogP contribution < -0.4 is 0 Å². The van der Waals surface area contributed by atoms with Crippen molar-refractivity contribution in [3.05, 3.63) is 24.3 Å². The first-order valence-corrected chi connectivity index (χ1v) is 36.0. The molecule has 0 bridgehead atoms. The number of phosphoric ester groups is 2. The molecule has 0 aromatic rings.